The molecule has 0 unspecified atom stereocenters. The second kappa shape index (κ2) is 6.60. The summed E-state index contributed by atoms with van der Waals surface area (Å²) in [6.07, 6.45) is 0. The Balaban J connectivity index is 1.76. The van der Waals surface area contributed by atoms with E-state index in [0.29, 0.717) is 31.1 Å². The highest BCUT2D eigenvalue weighted by Gasteiger charge is 2.12. The first-order chi connectivity index (χ1) is 11.4. The zero-order valence-electron chi connectivity index (χ0n) is 11.7. The van der Waals surface area contributed by atoms with Gasteiger partial charge in [0.1, 0.15) is 0 Å². The molecule has 2 aromatic carbocycles. The van der Waals surface area contributed by atoms with E-state index >= 15 is 0 Å². The van der Waals surface area contributed by atoms with E-state index in [1.807, 2.05) is 0 Å². The number of aromatic nitrogens is 1. The number of nitro benzene ring substituents is 1. The first-order valence-electron chi connectivity index (χ1n) is 6.50. The Morgan fingerprint density at radius 1 is 1.17 bits per heavy atom. The van der Waals surface area contributed by atoms with E-state index in [2.05, 4.69) is 15.6 Å². The summed E-state index contributed by atoms with van der Waals surface area (Å²) in [5.41, 5.74) is 0.927. The Kier molecular flexibility index (Phi) is 4.52. The van der Waals surface area contributed by atoms with Gasteiger partial charge in [0.25, 0.3) is 5.69 Å². The number of halogens is 2. The molecule has 0 spiro atoms. The fourth-order valence-corrected chi connectivity index (χ4v) is 3.27. The molecule has 3 aromatic rings. The van der Waals surface area contributed by atoms with Crippen molar-refractivity contribution in [1.82, 2.24) is 4.98 Å². The first-order valence-corrected chi connectivity index (χ1v) is 8.07. The summed E-state index contributed by atoms with van der Waals surface area (Å²) >= 11 is 12.9. The molecule has 1 heterocycles. The van der Waals surface area contributed by atoms with Crippen LogP contribution in [0.15, 0.2) is 36.4 Å². The second-order valence-electron chi connectivity index (χ2n) is 4.63. The third-order valence-corrected chi connectivity index (χ3v) is 4.46. The Morgan fingerprint density at radius 2 is 1.96 bits per heavy atom. The minimum absolute atomic E-state index is 0.0323. The molecule has 0 aliphatic carbocycles. The summed E-state index contributed by atoms with van der Waals surface area (Å²) in [7, 11) is 0. The molecule has 1 aromatic heterocycles. The van der Waals surface area contributed by atoms with Gasteiger partial charge < -0.3 is 5.32 Å². The Hall–Kier alpha value is -2.42. The highest BCUT2D eigenvalue weighted by molar-refractivity contribution is 7.22. The SMILES string of the molecule is O=C(Nc1nc2ccc([N+](=O)[O-])cc2s1)Nc1ccc(Cl)cc1Cl. The topological polar surface area (TPSA) is 97.2 Å². The van der Waals surface area contributed by atoms with Crippen LogP contribution in [0.3, 0.4) is 0 Å². The predicted molar refractivity (Wildman–Crippen MR) is 95.4 cm³/mol. The van der Waals surface area contributed by atoms with Crippen LogP contribution in [0.2, 0.25) is 10.0 Å². The first kappa shape index (κ1) is 16.4. The van der Waals surface area contributed by atoms with Gasteiger partial charge in [-0.3, -0.25) is 15.4 Å². The average Bonchev–Trinajstić information content (AvgIpc) is 2.91. The van der Waals surface area contributed by atoms with Crippen LogP contribution < -0.4 is 10.6 Å². The number of hydrogen-bond donors (Lipinski definition) is 2. The highest BCUT2D eigenvalue weighted by atomic mass is 35.5. The molecule has 0 atom stereocenters. The number of carbonyl (C=O) groups is 1. The van der Waals surface area contributed by atoms with Gasteiger partial charge in [-0.2, -0.15) is 0 Å². The molecule has 0 bridgehead atoms. The van der Waals surface area contributed by atoms with Crippen molar-refractivity contribution in [3.8, 4) is 0 Å². The molecule has 0 saturated carbocycles. The van der Waals surface area contributed by atoms with E-state index < -0.39 is 11.0 Å². The van der Waals surface area contributed by atoms with Crippen LogP contribution in [-0.4, -0.2) is 15.9 Å². The molecule has 0 aliphatic heterocycles. The predicted octanol–water partition coefficient (Wildman–Crippen LogP) is 5.16. The van der Waals surface area contributed by atoms with E-state index in [0.717, 1.165) is 11.3 Å². The van der Waals surface area contributed by atoms with Gasteiger partial charge in [-0.25, -0.2) is 9.78 Å². The quantitative estimate of drug-likeness (QED) is 0.483. The van der Waals surface area contributed by atoms with Gasteiger partial charge in [-0.15, -0.1) is 0 Å². The number of carbonyl (C=O) groups excluding carboxylic acids is 1. The maximum absolute atomic E-state index is 12.0. The van der Waals surface area contributed by atoms with Gasteiger partial charge in [-0.1, -0.05) is 34.5 Å². The lowest BCUT2D eigenvalue weighted by molar-refractivity contribution is -0.384. The Bertz CT molecular complexity index is 960. The standard InChI is InChI=1S/C14H8Cl2N4O3S/c15-7-1-3-10(9(16)5-7)17-13(21)19-14-18-11-4-2-8(20(22)23)6-12(11)24-14/h1-6H,(H2,17,18,19,21). The highest BCUT2D eigenvalue weighted by Crippen LogP contribution is 2.30. The summed E-state index contributed by atoms with van der Waals surface area (Å²) in [5, 5.41) is 17.0. The van der Waals surface area contributed by atoms with Crippen molar-refractivity contribution in [2.75, 3.05) is 10.6 Å². The summed E-state index contributed by atoms with van der Waals surface area (Å²) in [4.78, 5) is 26.5. The molecule has 0 aliphatic rings. The average molecular weight is 383 g/mol. The molecule has 0 radical (unpaired) electrons. The van der Waals surface area contributed by atoms with Crippen LogP contribution in [0, 0.1) is 10.1 Å². The summed E-state index contributed by atoms with van der Waals surface area (Å²) in [6.45, 7) is 0. The van der Waals surface area contributed by atoms with Gasteiger partial charge in [-0.05, 0) is 24.3 Å². The number of nitro groups is 1. The van der Waals surface area contributed by atoms with E-state index in [-0.39, 0.29) is 5.69 Å². The number of non-ortho nitro benzene ring substituents is 1. The van der Waals surface area contributed by atoms with Crippen LogP contribution >= 0.6 is 34.5 Å². The fraction of sp³-hybridized carbons (Fsp3) is 0. The number of fused-ring (bicyclic) bond motifs is 1. The number of amides is 2. The number of hydrogen-bond acceptors (Lipinski definition) is 5. The summed E-state index contributed by atoms with van der Waals surface area (Å²) in [6, 6.07) is 8.45. The van der Waals surface area contributed by atoms with Crippen LogP contribution in [0.5, 0.6) is 0 Å². The minimum Gasteiger partial charge on any atom is -0.306 e. The van der Waals surface area contributed by atoms with Gasteiger partial charge in [0.2, 0.25) is 0 Å². The number of nitrogens with zero attached hydrogens (tertiary/aromatic N) is 2. The third kappa shape index (κ3) is 3.56. The molecular formula is C14H8Cl2N4O3S. The van der Waals surface area contributed by atoms with E-state index in [1.165, 1.54) is 24.3 Å². The monoisotopic (exact) mass is 382 g/mol. The maximum Gasteiger partial charge on any atom is 0.325 e. The van der Waals surface area contributed by atoms with E-state index in [9.17, 15) is 14.9 Å². The zero-order valence-corrected chi connectivity index (χ0v) is 14.1. The number of thiazole rings is 1. The van der Waals surface area contributed by atoms with Crippen LogP contribution in [-0.2, 0) is 0 Å². The maximum atomic E-state index is 12.0. The molecule has 7 nitrogen and oxygen atoms in total. The van der Waals surface area contributed by atoms with E-state index in [1.54, 1.807) is 12.1 Å². The molecule has 3 rings (SSSR count). The van der Waals surface area contributed by atoms with Crippen molar-refractivity contribution in [3.63, 3.8) is 0 Å². The molecule has 24 heavy (non-hydrogen) atoms. The molecular weight excluding hydrogens is 375 g/mol. The zero-order chi connectivity index (χ0) is 17.3. The second-order valence-corrected chi connectivity index (χ2v) is 6.51. The lowest BCUT2D eigenvalue weighted by Crippen LogP contribution is -2.19. The summed E-state index contributed by atoms with van der Waals surface area (Å²) < 4.78 is 0.601. The number of benzene rings is 2. The van der Waals surface area contributed by atoms with Gasteiger partial charge in [0.05, 0.1) is 25.8 Å². The molecule has 122 valence electrons. The lowest BCUT2D eigenvalue weighted by Gasteiger charge is -2.07. The third-order valence-electron chi connectivity index (χ3n) is 2.98. The minimum atomic E-state index is -0.534. The van der Waals surface area contributed by atoms with Crippen molar-refractivity contribution < 1.29 is 9.72 Å². The smallest absolute Gasteiger partial charge is 0.306 e. The number of nitrogens with one attached hydrogen (secondary N) is 2. The van der Waals surface area contributed by atoms with Crippen LogP contribution in [0.25, 0.3) is 10.2 Å². The molecule has 10 heteroatoms. The summed E-state index contributed by atoms with van der Waals surface area (Å²) in [5.74, 6) is 0. The lowest BCUT2D eigenvalue weighted by atomic mass is 10.3. The van der Waals surface area contributed by atoms with Crippen LogP contribution in [0.4, 0.5) is 21.3 Å². The Labute approximate surface area is 149 Å². The number of rotatable bonds is 3. The van der Waals surface area contributed by atoms with Crippen molar-refractivity contribution >= 4 is 67.3 Å². The van der Waals surface area contributed by atoms with Crippen molar-refractivity contribution in [2.24, 2.45) is 0 Å². The number of anilines is 2. The normalized spacial score (nSPS) is 10.6. The number of urea groups is 1. The fourth-order valence-electron chi connectivity index (χ4n) is 1.92. The van der Waals surface area contributed by atoms with Gasteiger partial charge in [0, 0.05) is 17.2 Å². The van der Waals surface area contributed by atoms with Crippen LogP contribution in [0.1, 0.15) is 0 Å². The van der Waals surface area contributed by atoms with Crippen molar-refractivity contribution in [3.05, 3.63) is 56.6 Å². The van der Waals surface area contributed by atoms with Crippen molar-refractivity contribution in [1.29, 1.82) is 0 Å². The van der Waals surface area contributed by atoms with Gasteiger partial charge >= 0.3 is 6.03 Å². The van der Waals surface area contributed by atoms with Gasteiger partial charge in [0.15, 0.2) is 5.13 Å². The van der Waals surface area contributed by atoms with E-state index in [4.69, 9.17) is 23.2 Å². The largest absolute Gasteiger partial charge is 0.325 e. The molecule has 0 saturated heterocycles. The molecule has 2 amide bonds. The van der Waals surface area contributed by atoms with Crippen molar-refractivity contribution in [2.45, 2.75) is 0 Å². The molecule has 0 fully saturated rings. The molecule has 2 N–H and O–H groups in total. The Morgan fingerprint density at radius 3 is 2.67 bits per heavy atom.